The first-order chi connectivity index (χ1) is 11.9. The maximum Gasteiger partial charge on any atom is 0.307 e. The average molecular weight is 435 g/mol. The quantitative estimate of drug-likeness (QED) is 0.372. The number of likely N-dealkylation sites (N-methyl/N-ethyl adjacent to an activating group) is 1. The fourth-order valence-electron chi connectivity index (χ4n) is 2.04. The van der Waals surface area contributed by atoms with E-state index in [-0.39, 0.29) is 37.2 Å². The predicted octanol–water partition coefficient (Wildman–Crippen LogP) is 3.46. The second-order valence-corrected chi connectivity index (χ2v) is 7.71. The molecule has 0 saturated carbocycles. The molecular weight excluding hydrogens is 415 g/mol. The second kappa shape index (κ2) is 10.9. The third-order valence-corrected chi connectivity index (χ3v) is 5.13. The summed E-state index contributed by atoms with van der Waals surface area (Å²) in [7, 11) is 3.80. The summed E-state index contributed by atoms with van der Waals surface area (Å²) in [5, 5.41) is 0.567. The highest BCUT2D eigenvalue weighted by Gasteiger charge is 2.32. The second-order valence-electron chi connectivity index (χ2n) is 5.63. The Morgan fingerprint density at radius 1 is 1.38 bits per heavy atom. The number of carbonyl (C=O) groups excluding carboxylic acids is 2. The lowest BCUT2D eigenvalue weighted by Crippen LogP contribution is -2.31. The number of benzene rings is 1. The summed E-state index contributed by atoms with van der Waals surface area (Å²) in [6.07, 6.45) is 1.83. The molecule has 1 heterocycles. The minimum Gasteiger partial charge on any atom is -0.464 e. The van der Waals surface area contributed by atoms with Crippen LogP contribution in [0.2, 0.25) is 5.02 Å². The molecule has 5 nitrogen and oxygen atoms in total. The fraction of sp³-hybridized carbons (Fsp3) is 0.353. The highest BCUT2D eigenvalue weighted by atomic mass is 35.5. The highest BCUT2D eigenvalue weighted by molar-refractivity contribution is 8.26. The molecule has 0 aromatic heterocycles. The Morgan fingerprint density at radius 3 is 2.73 bits per heavy atom. The fourth-order valence-corrected chi connectivity index (χ4v) is 3.53. The Morgan fingerprint density at radius 2 is 2.08 bits per heavy atom. The van der Waals surface area contributed by atoms with Gasteiger partial charge in [-0.25, -0.2) is 0 Å². The zero-order valence-electron chi connectivity index (χ0n) is 14.4. The average Bonchev–Trinajstić information content (AvgIpc) is 2.81. The Labute approximate surface area is 174 Å². The Kier molecular flexibility index (Phi) is 9.60. The maximum absolute atomic E-state index is 12.5. The number of rotatable bonds is 7. The molecule has 26 heavy (non-hydrogen) atoms. The number of amides is 1. The van der Waals surface area contributed by atoms with Crippen LogP contribution >= 0.6 is 48.0 Å². The largest absolute Gasteiger partial charge is 0.464 e. The van der Waals surface area contributed by atoms with Gasteiger partial charge in [0.25, 0.3) is 5.91 Å². The molecule has 0 N–H and O–H groups in total. The molecule has 1 fully saturated rings. The van der Waals surface area contributed by atoms with Crippen molar-refractivity contribution in [3.8, 4) is 0 Å². The maximum atomic E-state index is 12.5. The lowest BCUT2D eigenvalue weighted by Gasteiger charge is -2.14. The molecule has 9 heteroatoms. The predicted molar refractivity (Wildman–Crippen MR) is 113 cm³/mol. The van der Waals surface area contributed by atoms with Gasteiger partial charge in [0.15, 0.2) is 0 Å². The molecule has 1 aliphatic rings. The number of thioether (sulfide) groups is 1. The van der Waals surface area contributed by atoms with E-state index in [1.165, 1.54) is 16.7 Å². The molecule has 1 aliphatic heterocycles. The summed E-state index contributed by atoms with van der Waals surface area (Å²) in [6.45, 7) is 1.20. The number of ether oxygens (including phenoxy) is 1. The molecule has 1 aromatic rings. The normalized spacial score (nSPS) is 15.5. The van der Waals surface area contributed by atoms with Crippen LogP contribution in [-0.2, 0) is 14.3 Å². The van der Waals surface area contributed by atoms with Crippen LogP contribution < -0.4 is 0 Å². The molecule has 0 aliphatic carbocycles. The number of halogens is 2. The lowest BCUT2D eigenvalue weighted by molar-refractivity contribution is -0.144. The summed E-state index contributed by atoms with van der Waals surface area (Å²) in [5.74, 6) is -0.554. The number of esters is 1. The van der Waals surface area contributed by atoms with Crippen molar-refractivity contribution >= 4 is 70.3 Å². The molecule has 0 radical (unpaired) electrons. The highest BCUT2D eigenvalue weighted by Crippen LogP contribution is 2.33. The summed E-state index contributed by atoms with van der Waals surface area (Å²) in [4.78, 5) is 28.1. The number of carbonyl (C=O) groups is 2. The number of nitrogens with zero attached hydrogens (tertiary/aromatic N) is 2. The summed E-state index contributed by atoms with van der Waals surface area (Å²) < 4.78 is 5.56. The summed E-state index contributed by atoms with van der Waals surface area (Å²) >= 11 is 12.6. The number of hydrogen-bond acceptors (Lipinski definition) is 6. The van der Waals surface area contributed by atoms with Crippen molar-refractivity contribution in [3.05, 3.63) is 39.8 Å². The van der Waals surface area contributed by atoms with Crippen LogP contribution in [0.15, 0.2) is 29.2 Å². The van der Waals surface area contributed by atoms with E-state index in [9.17, 15) is 9.59 Å². The third-order valence-electron chi connectivity index (χ3n) is 3.41. The standard InChI is InChI=1S/C17H19ClN2O3S2.ClH/c1-19(2)9-10-23-15(21)7-8-20-16(22)14(25-17(20)24)11-12-5-3-4-6-13(12)18;/h3-6,11H,7-10H2,1-2H3;1H. The van der Waals surface area contributed by atoms with Crippen molar-refractivity contribution in [3.63, 3.8) is 0 Å². The number of hydrogen-bond donors (Lipinski definition) is 0. The van der Waals surface area contributed by atoms with Crippen LogP contribution in [0, 0.1) is 0 Å². The first kappa shape index (κ1) is 22.9. The van der Waals surface area contributed by atoms with Crippen LogP contribution in [0.25, 0.3) is 6.08 Å². The van der Waals surface area contributed by atoms with Gasteiger partial charge in [-0.15, -0.1) is 12.4 Å². The van der Waals surface area contributed by atoms with E-state index in [1.807, 2.05) is 37.2 Å². The third kappa shape index (κ3) is 6.55. The molecule has 142 valence electrons. The Bertz CT molecular complexity index is 711. The minimum absolute atomic E-state index is 0. The van der Waals surface area contributed by atoms with E-state index < -0.39 is 0 Å². The topological polar surface area (TPSA) is 49.9 Å². The van der Waals surface area contributed by atoms with E-state index in [0.29, 0.717) is 27.4 Å². The van der Waals surface area contributed by atoms with Crippen molar-refractivity contribution in [1.29, 1.82) is 0 Å². The van der Waals surface area contributed by atoms with Crippen molar-refractivity contribution in [1.82, 2.24) is 9.80 Å². The smallest absolute Gasteiger partial charge is 0.307 e. The van der Waals surface area contributed by atoms with Crippen LogP contribution in [0.5, 0.6) is 0 Å². The molecule has 0 bridgehead atoms. The monoisotopic (exact) mass is 434 g/mol. The van der Waals surface area contributed by atoms with E-state index in [4.69, 9.17) is 28.6 Å². The molecule has 1 amide bonds. The summed E-state index contributed by atoms with van der Waals surface area (Å²) in [6, 6.07) is 7.27. The van der Waals surface area contributed by atoms with Gasteiger partial charge in [0, 0.05) is 18.1 Å². The first-order valence-corrected chi connectivity index (χ1v) is 9.29. The van der Waals surface area contributed by atoms with Gasteiger partial charge in [-0.05, 0) is 31.8 Å². The minimum atomic E-state index is -0.342. The van der Waals surface area contributed by atoms with Gasteiger partial charge < -0.3 is 9.64 Å². The molecule has 1 aromatic carbocycles. The van der Waals surface area contributed by atoms with Gasteiger partial charge in [0.1, 0.15) is 10.9 Å². The van der Waals surface area contributed by atoms with Gasteiger partial charge in [0.05, 0.1) is 11.3 Å². The SMILES string of the molecule is CN(C)CCOC(=O)CCN1C(=O)C(=Cc2ccccc2Cl)SC1=S.Cl. The molecule has 0 spiro atoms. The van der Waals surface area contributed by atoms with Crippen LogP contribution in [-0.4, -0.2) is 59.8 Å². The lowest BCUT2D eigenvalue weighted by atomic mass is 10.2. The van der Waals surface area contributed by atoms with Gasteiger partial charge in [0.2, 0.25) is 0 Å². The molecule has 0 atom stereocenters. The summed E-state index contributed by atoms with van der Waals surface area (Å²) in [5.41, 5.74) is 0.757. The molecule has 0 unspecified atom stereocenters. The van der Waals surface area contributed by atoms with Crippen molar-refractivity contribution in [2.45, 2.75) is 6.42 Å². The van der Waals surface area contributed by atoms with E-state index in [2.05, 4.69) is 0 Å². The van der Waals surface area contributed by atoms with E-state index in [1.54, 1.807) is 12.1 Å². The van der Waals surface area contributed by atoms with Crippen LogP contribution in [0.4, 0.5) is 0 Å². The van der Waals surface area contributed by atoms with Crippen LogP contribution in [0.1, 0.15) is 12.0 Å². The van der Waals surface area contributed by atoms with Crippen molar-refractivity contribution in [2.75, 3.05) is 33.8 Å². The molecule has 2 rings (SSSR count). The van der Waals surface area contributed by atoms with Gasteiger partial charge in [-0.1, -0.05) is 53.8 Å². The van der Waals surface area contributed by atoms with E-state index in [0.717, 1.165) is 5.56 Å². The Balaban J connectivity index is 0.00000338. The first-order valence-electron chi connectivity index (χ1n) is 7.68. The molecule has 1 saturated heterocycles. The molecular formula is C17H20Cl2N2O3S2. The Hall–Kier alpha value is -1.12. The zero-order chi connectivity index (χ0) is 18.4. The van der Waals surface area contributed by atoms with Gasteiger partial charge in [-0.3, -0.25) is 14.5 Å². The number of thiocarbonyl (C=S) groups is 1. The zero-order valence-corrected chi connectivity index (χ0v) is 17.6. The van der Waals surface area contributed by atoms with Crippen molar-refractivity contribution < 1.29 is 14.3 Å². The van der Waals surface area contributed by atoms with Gasteiger partial charge in [-0.2, -0.15) is 0 Å². The van der Waals surface area contributed by atoms with Crippen LogP contribution in [0.3, 0.4) is 0 Å². The van der Waals surface area contributed by atoms with Gasteiger partial charge >= 0.3 is 5.97 Å². The van der Waals surface area contributed by atoms with E-state index >= 15 is 0 Å². The van der Waals surface area contributed by atoms with Crippen molar-refractivity contribution in [2.24, 2.45) is 0 Å².